The van der Waals surface area contributed by atoms with Gasteiger partial charge in [0.15, 0.2) is 5.78 Å². The fourth-order valence-electron chi connectivity index (χ4n) is 2.44. The number of fused-ring (bicyclic) bond motifs is 1. The van der Waals surface area contributed by atoms with Crippen molar-refractivity contribution in [1.82, 2.24) is 9.78 Å². The van der Waals surface area contributed by atoms with Crippen LogP contribution in [0.5, 0.6) is 0 Å². The Morgan fingerprint density at radius 1 is 1.28 bits per heavy atom. The van der Waals surface area contributed by atoms with E-state index in [1.54, 1.807) is 0 Å². The predicted octanol–water partition coefficient (Wildman–Crippen LogP) is 5.23. The first kappa shape index (κ1) is 17.9. The van der Waals surface area contributed by atoms with Crippen LogP contribution in [-0.4, -0.2) is 22.0 Å². The van der Waals surface area contributed by atoms with E-state index in [2.05, 4.69) is 21.0 Å². The third-order valence-electron chi connectivity index (χ3n) is 3.55. The van der Waals surface area contributed by atoms with E-state index in [4.69, 9.17) is 11.6 Å². The normalized spacial score (nSPS) is 11.5. The van der Waals surface area contributed by atoms with Gasteiger partial charge >= 0.3 is 0 Å². The summed E-state index contributed by atoms with van der Waals surface area (Å²) in [5.41, 5.74) is -0.483. The zero-order valence-corrected chi connectivity index (χ0v) is 14.6. The number of carbonyl (C=O) groups is 1. The van der Waals surface area contributed by atoms with Crippen molar-refractivity contribution in [3.05, 3.63) is 62.7 Å². The summed E-state index contributed by atoms with van der Waals surface area (Å²) in [5.74, 6) is -2.49. The van der Waals surface area contributed by atoms with Crippen molar-refractivity contribution < 1.29 is 22.4 Å². The molecule has 0 spiro atoms. The van der Waals surface area contributed by atoms with Crippen molar-refractivity contribution >= 4 is 44.2 Å². The Bertz CT molecular complexity index is 990. The van der Waals surface area contributed by atoms with Crippen LogP contribution in [0.25, 0.3) is 10.9 Å². The van der Waals surface area contributed by atoms with E-state index in [9.17, 15) is 22.4 Å². The molecule has 9 heteroatoms. The molecule has 0 atom stereocenters. The topological polar surface area (TPSA) is 34.9 Å². The minimum Gasteiger partial charge on any atom is -0.288 e. The van der Waals surface area contributed by atoms with Gasteiger partial charge in [0.1, 0.15) is 18.2 Å². The number of ketones is 1. The van der Waals surface area contributed by atoms with E-state index in [0.29, 0.717) is 0 Å². The molecule has 3 nitrogen and oxygen atoms in total. The van der Waals surface area contributed by atoms with Crippen molar-refractivity contribution in [2.24, 2.45) is 0 Å². The van der Waals surface area contributed by atoms with Gasteiger partial charge in [-0.2, -0.15) is 5.10 Å². The van der Waals surface area contributed by atoms with Crippen molar-refractivity contribution in [2.45, 2.75) is 13.0 Å². The van der Waals surface area contributed by atoms with E-state index in [1.807, 2.05) is 0 Å². The number of hydrogen-bond donors (Lipinski definition) is 0. The molecule has 1 aromatic heterocycles. The maximum atomic E-state index is 14.5. The number of nitrogens with zero attached hydrogens (tertiary/aromatic N) is 2. The highest BCUT2D eigenvalue weighted by atomic mass is 79.9. The summed E-state index contributed by atoms with van der Waals surface area (Å²) in [7, 11) is 0. The Labute approximate surface area is 152 Å². The Hall–Kier alpha value is -1.93. The number of aromatic nitrogens is 2. The molecule has 0 bridgehead atoms. The lowest BCUT2D eigenvalue weighted by Crippen LogP contribution is -2.10. The SMILES string of the molecule is O=C(c1cc(F)ccc1Cl)c1c(F)cc2c(cnn2CC(F)F)c1Br. The molecular weight excluding hydrogens is 428 g/mol. The van der Waals surface area contributed by atoms with Gasteiger partial charge in [0.05, 0.1) is 22.3 Å². The lowest BCUT2D eigenvalue weighted by molar-refractivity contribution is 0.103. The molecule has 0 amide bonds. The maximum Gasteiger partial charge on any atom is 0.257 e. The molecule has 130 valence electrons. The van der Waals surface area contributed by atoms with Gasteiger partial charge in [-0.25, -0.2) is 17.6 Å². The van der Waals surface area contributed by atoms with E-state index in [-0.39, 0.29) is 31.5 Å². The Morgan fingerprint density at radius 3 is 2.68 bits per heavy atom. The van der Waals surface area contributed by atoms with Crippen LogP contribution in [0.3, 0.4) is 0 Å². The third kappa shape index (κ3) is 3.28. The molecule has 0 aliphatic rings. The average Bonchev–Trinajstić information content (AvgIpc) is 2.92. The standard InChI is InChI=1S/C16H8BrClF4N2O/c17-15-9-5-23-24(6-13(21)22)12(9)4-11(20)14(15)16(25)8-3-7(19)1-2-10(8)18/h1-5,13H,6H2. The number of carbonyl (C=O) groups excluding carboxylic acids is 1. The first-order valence-electron chi connectivity index (χ1n) is 6.91. The molecule has 0 unspecified atom stereocenters. The predicted molar refractivity (Wildman–Crippen MR) is 88.2 cm³/mol. The lowest BCUT2D eigenvalue weighted by atomic mass is 10.0. The average molecular weight is 436 g/mol. The van der Waals surface area contributed by atoms with Crippen molar-refractivity contribution in [3.8, 4) is 0 Å². The summed E-state index contributed by atoms with van der Waals surface area (Å²) < 4.78 is 54.0. The number of rotatable bonds is 4. The molecule has 0 saturated carbocycles. The second kappa shape index (κ2) is 6.76. The third-order valence-corrected chi connectivity index (χ3v) is 4.70. The van der Waals surface area contributed by atoms with Gasteiger partial charge < -0.3 is 0 Å². The highest BCUT2D eigenvalue weighted by molar-refractivity contribution is 9.10. The molecule has 0 N–H and O–H groups in total. The zero-order valence-electron chi connectivity index (χ0n) is 12.2. The van der Waals surface area contributed by atoms with Crippen LogP contribution in [0.15, 0.2) is 34.9 Å². The summed E-state index contributed by atoms with van der Waals surface area (Å²) in [6.07, 6.45) is -1.43. The van der Waals surface area contributed by atoms with Crippen LogP contribution >= 0.6 is 27.5 Å². The van der Waals surface area contributed by atoms with E-state index in [0.717, 1.165) is 22.9 Å². The fourth-order valence-corrected chi connectivity index (χ4v) is 3.32. The quantitative estimate of drug-likeness (QED) is 0.416. The molecule has 3 aromatic rings. The molecular formula is C16H8BrClF4N2O. The summed E-state index contributed by atoms with van der Waals surface area (Å²) >= 11 is 9.01. The second-order valence-corrected chi connectivity index (χ2v) is 6.35. The van der Waals surface area contributed by atoms with Gasteiger partial charge in [-0.3, -0.25) is 9.48 Å². The lowest BCUT2D eigenvalue weighted by Gasteiger charge is -2.09. The van der Waals surface area contributed by atoms with Crippen molar-refractivity contribution in [2.75, 3.05) is 0 Å². The Balaban J connectivity index is 2.17. The summed E-state index contributed by atoms with van der Waals surface area (Å²) in [6.45, 7) is -0.710. The minimum absolute atomic E-state index is 0.0355. The Morgan fingerprint density at radius 2 is 2.00 bits per heavy atom. The molecule has 0 radical (unpaired) electrons. The van der Waals surface area contributed by atoms with Gasteiger partial charge in [-0.05, 0) is 34.1 Å². The van der Waals surface area contributed by atoms with Crippen LogP contribution < -0.4 is 0 Å². The van der Waals surface area contributed by atoms with E-state index < -0.39 is 30.4 Å². The second-order valence-electron chi connectivity index (χ2n) is 5.15. The highest BCUT2D eigenvalue weighted by Gasteiger charge is 2.24. The van der Waals surface area contributed by atoms with Crippen LogP contribution in [0.1, 0.15) is 15.9 Å². The zero-order chi connectivity index (χ0) is 18.3. The summed E-state index contributed by atoms with van der Waals surface area (Å²) in [6, 6.07) is 4.11. The van der Waals surface area contributed by atoms with Crippen LogP contribution in [0, 0.1) is 11.6 Å². The molecule has 25 heavy (non-hydrogen) atoms. The number of hydrogen-bond acceptors (Lipinski definition) is 2. The monoisotopic (exact) mass is 434 g/mol. The molecule has 2 aromatic carbocycles. The summed E-state index contributed by atoms with van der Waals surface area (Å²) in [4.78, 5) is 12.6. The van der Waals surface area contributed by atoms with Gasteiger partial charge in [-0.1, -0.05) is 11.6 Å². The van der Waals surface area contributed by atoms with E-state index in [1.165, 1.54) is 12.3 Å². The fraction of sp³-hybridized carbons (Fsp3) is 0.125. The highest BCUT2D eigenvalue weighted by Crippen LogP contribution is 2.33. The molecule has 1 heterocycles. The van der Waals surface area contributed by atoms with Gasteiger partial charge in [0.25, 0.3) is 6.43 Å². The van der Waals surface area contributed by atoms with Gasteiger partial charge in [-0.15, -0.1) is 0 Å². The summed E-state index contributed by atoms with van der Waals surface area (Å²) in [5, 5.41) is 4.02. The molecule has 0 fully saturated rings. The van der Waals surface area contributed by atoms with E-state index >= 15 is 0 Å². The number of alkyl halides is 2. The number of halogens is 6. The molecule has 0 aliphatic carbocycles. The van der Waals surface area contributed by atoms with Crippen LogP contribution in [0.4, 0.5) is 17.6 Å². The first-order chi connectivity index (χ1) is 11.8. The van der Waals surface area contributed by atoms with Crippen LogP contribution in [0.2, 0.25) is 5.02 Å². The van der Waals surface area contributed by atoms with Crippen molar-refractivity contribution in [1.29, 1.82) is 0 Å². The van der Waals surface area contributed by atoms with Gasteiger partial charge in [0.2, 0.25) is 0 Å². The first-order valence-corrected chi connectivity index (χ1v) is 8.08. The minimum atomic E-state index is -2.67. The maximum absolute atomic E-state index is 14.5. The molecule has 0 aliphatic heterocycles. The molecule has 3 rings (SSSR count). The Kier molecular flexibility index (Phi) is 4.83. The van der Waals surface area contributed by atoms with Crippen molar-refractivity contribution in [3.63, 3.8) is 0 Å². The largest absolute Gasteiger partial charge is 0.288 e. The smallest absolute Gasteiger partial charge is 0.257 e. The number of benzene rings is 2. The molecule has 0 saturated heterocycles. The van der Waals surface area contributed by atoms with Crippen LogP contribution in [-0.2, 0) is 6.54 Å². The van der Waals surface area contributed by atoms with Gasteiger partial charge in [0, 0.05) is 21.5 Å².